The summed E-state index contributed by atoms with van der Waals surface area (Å²) in [5, 5.41) is 4.80. The maximum absolute atomic E-state index is 5.72. The van der Waals surface area contributed by atoms with Gasteiger partial charge in [-0.3, -0.25) is 0 Å². The van der Waals surface area contributed by atoms with Crippen molar-refractivity contribution in [3.8, 4) is 5.75 Å². The molecule has 0 radical (unpaired) electrons. The first-order valence-electron chi connectivity index (χ1n) is 8.34. The van der Waals surface area contributed by atoms with E-state index in [1.807, 2.05) is 32.4 Å². The largest absolute Gasteiger partial charge is 0.492 e. The predicted molar refractivity (Wildman–Crippen MR) is 99.3 cm³/mol. The molecule has 0 spiro atoms. The maximum atomic E-state index is 5.72. The zero-order valence-electron chi connectivity index (χ0n) is 14.4. The van der Waals surface area contributed by atoms with Gasteiger partial charge in [-0.15, -0.1) is 0 Å². The molecule has 1 aromatic heterocycles. The number of aromatic nitrogens is 1. The van der Waals surface area contributed by atoms with Gasteiger partial charge in [0, 0.05) is 36.7 Å². The third kappa shape index (κ3) is 4.37. The number of fused-ring (bicyclic) bond motifs is 1. The molecule has 2 N–H and O–H groups in total. The minimum atomic E-state index is 0.714. The van der Waals surface area contributed by atoms with Gasteiger partial charge in [0.15, 0.2) is 0 Å². The summed E-state index contributed by atoms with van der Waals surface area (Å²) >= 11 is 0. The number of rotatable bonds is 8. The first-order chi connectivity index (χ1) is 11.7. The smallest absolute Gasteiger partial charge is 0.119 e. The van der Waals surface area contributed by atoms with Crippen molar-refractivity contribution >= 4 is 10.9 Å². The van der Waals surface area contributed by atoms with Gasteiger partial charge in [-0.05, 0) is 49.5 Å². The molecule has 3 rings (SSSR count). The molecule has 0 bridgehead atoms. The first-order valence-corrected chi connectivity index (χ1v) is 8.34. The molecule has 3 aromatic rings. The molecule has 0 aliphatic carbocycles. The number of hydrogen-bond donors (Lipinski definition) is 2. The fourth-order valence-electron chi connectivity index (χ4n) is 2.70. The van der Waals surface area contributed by atoms with Gasteiger partial charge >= 0.3 is 0 Å². The minimum Gasteiger partial charge on any atom is -0.492 e. The minimum absolute atomic E-state index is 0.714. The van der Waals surface area contributed by atoms with E-state index in [4.69, 9.17) is 4.74 Å². The lowest BCUT2D eigenvalue weighted by atomic mass is 10.1. The van der Waals surface area contributed by atoms with Crippen LogP contribution in [0.15, 0.2) is 54.7 Å². The Morgan fingerprint density at radius 1 is 1.00 bits per heavy atom. The zero-order valence-corrected chi connectivity index (χ0v) is 14.4. The van der Waals surface area contributed by atoms with E-state index in [0.717, 1.165) is 25.4 Å². The Morgan fingerprint density at radius 2 is 1.83 bits per heavy atom. The summed E-state index contributed by atoms with van der Waals surface area (Å²) < 4.78 is 5.72. The summed E-state index contributed by atoms with van der Waals surface area (Å²) in [4.78, 5) is 5.37. The topological polar surface area (TPSA) is 40.3 Å². The first kappa shape index (κ1) is 16.6. The molecule has 0 unspecified atom stereocenters. The van der Waals surface area contributed by atoms with Crippen molar-refractivity contribution in [1.82, 2.24) is 15.2 Å². The Hall–Kier alpha value is -2.30. The van der Waals surface area contributed by atoms with Gasteiger partial charge in [0.05, 0.1) is 0 Å². The number of nitrogens with one attached hydrogen (secondary N) is 2. The summed E-state index contributed by atoms with van der Waals surface area (Å²) in [7, 11) is 4.10. The second-order valence-corrected chi connectivity index (χ2v) is 6.26. The molecule has 2 aromatic carbocycles. The van der Waals surface area contributed by atoms with Crippen LogP contribution in [0.5, 0.6) is 5.75 Å². The highest BCUT2D eigenvalue weighted by Crippen LogP contribution is 2.17. The molecule has 0 fully saturated rings. The molecule has 4 heteroatoms. The normalized spacial score (nSPS) is 11.3. The van der Waals surface area contributed by atoms with Crippen molar-refractivity contribution in [3.63, 3.8) is 0 Å². The highest BCUT2D eigenvalue weighted by Gasteiger charge is 2.02. The van der Waals surface area contributed by atoms with E-state index < -0.39 is 0 Å². The fraction of sp³-hybridized carbons (Fsp3) is 0.300. The molecule has 0 amide bonds. The van der Waals surface area contributed by atoms with Gasteiger partial charge in [0.1, 0.15) is 12.4 Å². The average Bonchev–Trinajstić information content (AvgIpc) is 3.05. The molecular weight excluding hydrogens is 298 g/mol. The van der Waals surface area contributed by atoms with Crippen LogP contribution in [0.3, 0.4) is 0 Å². The third-order valence-corrected chi connectivity index (χ3v) is 4.06. The highest BCUT2D eigenvalue weighted by atomic mass is 16.5. The van der Waals surface area contributed by atoms with E-state index in [2.05, 4.69) is 51.6 Å². The van der Waals surface area contributed by atoms with E-state index in [1.54, 1.807) is 0 Å². The van der Waals surface area contributed by atoms with E-state index in [9.17, 15) is 0 Å². The molecule has 0 saturated carbocycles. The fourth-order valence-corrected chi connectivity index (χ4v) is 2.70. The Morgan fingerprint density at radius 3 is 2.62 bits per heavy atom. The van der Waals surface area contributed by atoms with Crippen molar-refractivity contribution < 1.29 is 4.74 Å². The van der Waals surface area contributed by atoms with Crippen molar-refractivity contribution in [2.75, 3.05) is 27.2 Å². The van der Waals surface area contributed by atoms with Crippen LogP contribution in [0.25, 0.3) is 10.9 Å². The predicted octanol–water partition coefficient (Wildman–Crippen LogP) is 3.40. The van der Waals surface area contributed by atoms with Crippen LogP contribution in [-0.2, 0) is 13.1 Å². The quantitative estimate of drug-likeness (QED) is 0.667. The van der Waals surface area contributed by atoms with Crippen LogP contribution in [0.2, 0.25) is 0 Å². The second-order valence-electron chi connectivity index (χ2n) is 6.26. The lowest BCUT2D eigenvalue weighted by Crippen LogP contribution is -2.19. The maximum Gasteiger partial charge on any atom is 0.119 e. The lowest BCUT2D eigenvalue weighted by molar-refractivity contribution is 0.261. The lowest BCUT2D eigenvalue weighted by Gasteiger charge is -2.11. The van der Waals surface area contributed by atoms with Gasteiger partial charge in [-0.2, -0.15) is 0 Å². The summed E-state index contributed by atoms with van der Waals surface area (Å²) in [6.07, 6.45) is 1.99. The molecule has 4 nitrogen and oxygen atoms in total. The Kier molecular flexibility index (Phi) is 5.51. The van der Waals surface area contributed by atoms with Gasteiger partial charge in [0.2, 0.25) is 0 Å². The number of benzene rings is 2. The summed E-state index contributed by atoms with van der Waals surface area (Å²) in [6.45, 7) is 3.34. The van der Waals surface area contributed by atoms with E-state index >= 15 is 0 Å². The van der Waals surface area contributed by atoms with E-state index in [0.29, 0.717) is 6.61 Å². The molecule has 0 saturated heterocycles. The third-order valence-electron chi connectivity index (χ3n) is 4.06. The molecule has 1 heterocycles. The van der Waals surface area contributed by atoms with E-state index in [-0.39, 0.29) is 0 Å². The number of ether oxygens (including phenoxy) is 1. The molecule has 0 aliphatic heterocycles. The Bertz CT molecular complexity index is 762. The van der Waals surface area contributed by atoms with Crippen LogP contribution >= 0.6 is 0 Å². The van der Waals surface area contributed by atoms with Crippen LogP contribution in [-0.4, -0.2) is 37.1 Å². The van der Waals surface area contributed by atoms with Crippen molar-refractivity contribution in [2.45, 2.75) is 13.1 Å². The monoisotopic (exact) mass is 323 g/mol. The van der Waals surface area contributed by atoms with Crippen molar-refractivity contribution in [2.24, 2.45) is 0 Å². The van der Waals surface area contributed by atoms with Gasteiger partial charge in [-0.25, -0.2) is 0 Å². The summed E-state index contributed by atoms with van der Waals surface area (Å²) in [6, 6.07) is 16.8. The highest BCUT2D eigenvalue weighted by molar-refractivity contribution is 5.82. The zero-order chi connectivity index (χ0) is 16.8. The molecule has 0 aliphatic rings. The molecular formula is C20H25N3O. The van der Waals surface area contributed by atoms with E-state index in [1.165, 1.54) is 22.0 Å². The average molecular weight is 323 g/mol. The van der Waals surface area contributed by atoms with Gasteiger partial charge < -0.3 is 19.9 Å². The number of hydrogen-bond acceptors (Lipinski definition) is 3. The Balaban J connectivity index is 1.49. The van der Waals surface area contributed by atoms with Gasteiger partial charge in [0.25, 0.3) is 0 Å². The SMILES string of the molecule is CN(C)CCOc1ccc(CNCc2cccc3[nH]ccc23)cc1. The number of likely N-dealkylation sites (N-methyl/N-ethyl adjacent to an activating group) is 1. The van der Waals surface area contributed by atoms with Gasteiger partial charge in [-0.1, -0.05) is 24.3 Å². The molecule has 126 valence electrons. The van der Waals surface area contributed by atoms with Crippen LogP contribution in [0.1, 0.15) is 11.1 Å². The van der Waals surface area contributed by atoms with Crippen molar-refractivity contribution in [3.05, 3.63) is 65.9 Å². The standard InChI is InChI=1S/C20H25N3O/c1-23(2)12-13-24-18-8-6-16(7-9-18)14-21-15-17-4-3-5-20-19(17)10-11-22-20/h3-11,21-22H,12-15H2,1-2H3. The number of aromatic amines is 1. The molecule has 0 atom stereocenters. The Labute approximate surface area is 143 Å². The number of nitrogens with zero attached hydrogens (tertiary/aromatic N) is 1. The second kappa shape index (κ2) is 7.99. The number of H-pyrrole nitrogens is 1. The molecule has 24 heavy (non-hydrogen) atoms. The van der Waals surface area contributed by atoms with Crippen LogP contribution < -0.4 is 10.1 Å². The summed E-state index contributed by atoms with van der Waals surface area (Å²) in [5.41, 5.74) is 3.77. The summed E-state index contributed by atoms with van der Waals surface area (Å²) in [5.74, 6) is 0.928. The van der Waals surface area contributed by atoms with Crippen LogP contribution in [0, 0.1) is 0 Å². The van der Waals surface area contributed by atoms with Crippen molar-refractivity contribution in [1.29, 1.82) is 0 Å². The van der Waals surface area contributed by atoms with Crippen LogP contribution in [0.4, 0.5) is 0 Å².